The topological polar surface area (TPSA) is 94.2 Å². The van der Waals surface area contributed by atoms with E-state index >= 15 is 0 Å². The van der Waals surface area contributed by atoms with Crippen LogP contribution in [0, 0.1) is 5.92 Å². The fraction of sp³-hybridized carbons (Fsp3) is 1.00. The molecule has 6 heteroatoms. The lowest BCUT2D eigenvalue weighted by atomic mass is 9.90. The molecule has 0 spiro atoms. The van der Waals surface area contributed by atoms with Crippen molar-refractivity contribution < 1.29 is 24.4 Å². The molecule has 1 saturated heterocycles. The van der Waals surface area contributed by atoms with E-state index in [-0.39, 0.29) is 25.2 Å². The Bertz CT molecular complexity index is 202. The molecule has 1 heterocycles. The summed E-state index contributed by atoms with van der Waals surface area (Å²) >= 11 is 0. The summed E-state index contributed by atoms with van der Waals surface area (Å²) in [5.74, 6) is -0.125. The first-order chi connectivity index (χ1) is 7.61. The highest BCUT2D eigenvalue weighted by Crippen LogP contribution is 2.25. The second-order valence-electron chi connectivity index (χ2n) is 4.00. The number of rotatable bonds is 5. The van der Waals surface area contributed by atoms with Crippen LogP contribution in [0.5, 0.6) is 0 Å². The molecule has 4 N–H and O–H groups in total. The first kappa shape index (κ1) is 13.8. The summed E-state index contributed by atoms with van der Waals surface area (Å²) in [6, 6.07) is -0.547. The van der Waals surface area contributed by atoms with Gasteiger partial charge in [-0.15, -0.1) is 0 Å². The van der Waals surface area contributed by atoms with E-state index in [0.717, 1.165) is 0 Å². The van der Waals surface area contributed by atoms with Crippen LogP contribution in [-0.4, -0.2) is 61.7 Å². The van der Waals surface area contributed by atoms with Gasteiger partial charge in [0.25, 0.3) is 0 Å². The van der Waals surface area contributed by atoms with Crippen molar-refractivity contribution in [3.63, 3.8) is 0 Å². The van der Waals surface area contributed by atoms with E-state index < -0.39 is 18.4 Å². The summed E-state index contributed by atoms with van der Waals surface area (Å²) in [7, 11) is 1.48. The van der Waals surface area contributed by atoms with Crippen LogP contribution in [0.2, 0.25) is 0 Å². The Balaban J connectivity index is 2.50. The van der Waals surface area contributed by atoms with Crippen LogP contribution in [-0.2, 0) is 14.2 Å². The summed E-state index contributed by atoms with van der Waals surface area (Å²) in [5, 5.41) is 18.5. The number of hydrogen-bond acceptors (Lipinski definition) is 6. The van der Waals surface area contributed by atoms with E-state index in [1.165, 1.54) is 7.11 Å². The minimum absolute atomic E-state index is 0.0309. The summed E-state index contributed by atoms with van der Waals surface area (Å²) in [5.41, 5.74) is 5.76. The van der Waals surface area contributed by atoms with E-state index in [1.54, 1.807) is 0 Å². The predicted molar refractivity (Wildman–Crippen MR) is 56.7 cm³/mol. The molecule has 16 heavy (non-hydrogen) atoms. The van der Waals surface area contributed by atoms with Gasteiger partial charge in [-0.05, 0) is 0 Å². The lowest BCUT2D eigenvalue weighted by Gasteiger charge is -2.41. The lowest BCUT2D eigenvalue weighted by Crippen LogP contribution is -2.59. The standard InChI is InChI=1S/C10H21NO5/c1-6-7(5-15-4-3-12)16-10(14-2)8(11)9(6)13/h6-10,12-13H,3-5,11H2,1-2H3/t6-,7?,8?,9+,10-/m1/s1. The smallest absolute Gasteiger partial charge is 0.175 e. The third kappa shape index (κ3) is 3.13. The number of nitrogens with two attached hydrogens (primary N) is 1. The lowest BCUT2D eigenvalue weighted by molar-refractivity contribution is -0.243. The maximum atomic E-state index is 9.88. The zero-order valence-corrected chi connectivity index (χ0v) is 9.70. The summed E-state index contributed by atoms with van der Waals surface area (Å²) in [4.78, 5) is 0. The van der Waals surface area contributed by atoms with Gasteiger partial charge in [-0.3, -0.25) is 0 Å². The quantitative estimate of drug-likeness (QED) is 0.512. The van der Waals surface area contributed by atoms with Gasteiger partial charge < -0.3 is 30.2 Å². The van der Waals surface area contributed by atoms with Crippen LogP contribution < -0.4 is 5.73 Å². The van der Waals surface area contributed by atoms with Crippen molar-refractivity contribution in [2.24, 2.45) is 11.7 Å². The zero-order chi connectivity index (χ0) is 12.1. The highest BCUT2D eigenvalue weighted by molar-refractivity contribution is 4.89. The molecule has 1 aliphatic heterocycles. The van der Waals surface area contributed by atoms with Gasteiger partial charge >= 0.3 is 0 Å². The van der Waals surface area contributed by atoms with Crippen LogP contribution in [0.1, 0.15) is 6.92 Å². The number of ether oxygens (including phenoxy) is 3. The van der Waals surface area contributed by atoms with Crippen LogP contribution in [0.15, 0.2) is 0 Å². The average Bonchev–Trinajstić information content (AvgIpc) is 2.29. The van der Waals surface area contributed by atoms with Gasteiger partial charge in [0.15, 0.2) is 6.29 Å². The van der Waals surface area contributed by atoms with Crippen molar-refractivity contribution in [1.29, 1.82) is 0 Å². The number of aliphatic hydroxyl groups excluding tert-OH is 2. The van der Waals surface area contributed by atoms with E-state index in [9.17, 15) is 5.11 Å². The molecule has 2 unspecified atom stereocenters. The zero-order valence-electron chi connectivity index (χ0n) is 9.70. The third-order valence-corrected chi connectivity index (χ3v) is 2.89. The van der Waals surface area contributed by atoms with Crippen molar-refractivity contribution in [3.8, 4) is 0 Å². The molecule has 0 aromatic heterocycles. The first-order valence-electron chi connectivity index (χ1n) is 5.42. The molecule has 1 rings (SSSR count). The molecule has 0 aromatic carbocycles. The van der Waals surface area contributed by atoms with Crippen LogP contribution >= 0.6 is 0 Å². The molecule has 1 aliphatic rings. The maximum Gasteiger partial charge on any atom is 0.175 e. The molecular weight excluding hydrogens is 214 g/mol. The van der Waals surface area contributed by atoms with Crippen molar-refractivity contribution in [3.05, 3.63) is 0 Å². The molecule has 0 saturated carbocycles. The number of methoxy groups -OCH3 is 1. The second kappa shape index (κ2) is 6.48. The van der Waals surface area contributed by atoms with Gasteiger partial charge in [-0.1, -0.05) is 6.92 Å². The van der Waals surface area contributed by atoms with Crippen molar-refractivity contribution in [2.45, 2.75) is 31.5 Å². The Labute approximate surface area is 95.3 Å². The molecule has 0 amide bonds. The molecule has 6 nitrogen and oxygen atoms in total. The van der Waals surface area contributed by atoms with Gasteiger partial charge in [0, 0.05) is 13.0 Å². The summed E-state index contributed by atoms with van der Waals surface area (Å²) in [6.07, 6.45) is -1.57. The Morgan fingerprint density at radius 2 is 2.12 bits per heavy atom. The highest BCUT2D eigenvalue weighted by atomic mass is 16.7. The third-order valence-electron chi connectivity index (χ3n) is 2.89. The first-order valence-corrected chi connectivity index (χ1v) is 5.42. The van der Waals surface area contributed by atoms with Gasteiger partial charge in [-0.25, -0.2) is 0 Å². The van der Waals surface area contributed by atoms with E-state index in [4.69, 9.17) is 25.1 Å². The average molecular weight is 235 g/mol. The molecule has 5 atom stereocenters. The molecule has 0 radical (unpaired) electrons. The van der Waals surface area contributed by atoms with Crippen LogP contribution in [0.25, 0.3) is 0 Å². The molecule has 0 bridgehead atoms. The summed E-state index contributed by atoms with van der Waals surface area (Å²) < 4.78 is 15.8. The minimum atomic E-state index is -0.679. The van der Waals surface area contributed by atoms with E-state index in [0.29, 0.717) is 6.61 Å². The maximum absolute atomic E-state index is 9.88. The normalized spacial score (nSPS) is 39.9. The van der Waals surface area contributed by atoms with Gasteiger partial charge in [0.2, 0.25) is 0 Å². The fourth-order valence-electron chi connectivity index (χ4n) is 1.79. The Morgan fingerprint density at radius 3 is 2.69 bits per heavy atom. The van der Waals surface area contributed by atoms with Crippen LogP contribution in [0.4, 0.5) is 0 Å². The van der Waals surface area contributed by atoms with E-state index in [2.05, 4.69) is 0 Å². The predicted octanol–water partition coefficient (Wildman–Crippen LogP) is -1.31. The molecule has 1 fully saturated rings. The van der Waals surface area contributed by atoms with Crippen molar-refractivity contribution in [2.75, 3.05) is 26.9 Å². The fourth-order valence-corrected chi connectivity index (χ4v) is 1.79. The monoisotopic (exact) mass is 235 g/mol. The van der Waals surface area contributed by atoms with Crippen LogP contribution in [0.3, 0.4) is 0 Å². The molecule has 0 aliphatic carbocycles. The second-order valence-corrected chi connectivity index (χ2v) is 4.00. The largest absolute Gasteiger partial charge is 0.394 e. The van der Waals surface area contributed by atoms with Crippen molar-refractivity contribution in [1.82, 2.24) is 0 Å². The highest BCUT2D eigenvalue weighted by Gasteiger charge is 2.41. The van der Waals surface area contributed by atoms with Gasteiger partial charge in [0.1, 0.15) is 0 Å². The van der Waals surface area contributed by atoms with Crippen molar-refractivity contribution >= 4 is 0 Å². The Morgan fingerprint density at radius 1 is 1.44 bits per heavy atom. The number of aliphatic hydroxyl groups is 2. The van der Waals surface area contributed by atoms with E-state index in [1.807, 2.05) is 6.92 Å². The SMILES string of the molecule is CO[C@@H]1OC(COCCO)[C@@H](C)[C@H](O)C1N. The number of hydrogen-bond donors (Lipinski definition) is 3. The van der Waals surface area contributed by atoms with Gasteiger partial charge in [0.05, 0.1) is 38.1 Å². The molecular formula is C10H21NO5. The summed E-state index contributed by atoms with van der Waals surface area (Å²) in [6.45, 7) is 2.39. The molecule has 0 aromatic rings. The Hall–Kier alpha value is -0.240. The minimum Gasteiger partial charge on any atom is -0.394 e. The molecule has 96 valence electrons. The Kier molecular flexibility index (Phi) is 5.60. The van der Waals surface area contributed by atoms with Gasteiger partial charge in [-0.2, -0.15) is 0 Å².